The van der Waals surface area contributed by atoms with E-state index in [0.29, 0.717) is 13.0 Å². The number of carboxylic acids is 1. The average molecular weight is 295 g/mol. The first kappa shape index (κ1) is 14.9. The first-order chi connectivity index (χ1) is 9.61. The summed E-state index contributed by atoms with van der Waals surface area (Å²) in [5.41, 5.74) is 0. The predicted octanol–water partition coefficient (Wildman–Crippen LogP) is 1.48. The van der Waals surface area contributed by atoms with E-state index in [2.05, 4.69) is 0 Å². The van der Waals surface area contributed by atoms with Crippen LogP contribution >= 0.6 is 11.8 Å². The fourth-order valence-corrected chi connectivity index (χ4v) is 3.03. The van der Waals surface area contributed by atoms with Gasteiger partial charge in [-0.15, -0.1) is 11.8 Å². The molecule has 2 rings (SSSR count). The van der Waals surface area contributed by atoms with Gasteiger partial charge in [-0.05, 0) is 12.1 Å². The Bertz CT molecular complexity index is 479. The molecule has 108 valence electrons. The summed E-state index contributed by atoms with van der Waals surface area (Å²) in [5.74, 6) is -0.891. The molecule has 1 heterocycles. The summed E-state index contributed by atoms with van der Waals surface area (Å²) in [5, 5.41) is 9.17. The second kappa shape index (κ2) is 6.76. The number of carboxylic acid groups (broad SMARTS) is 1. The van der Waals surface area contributed by atoms with E-state index in [1.165, 1.54) is 23.8 Å². The van der Waals surface area contributed by atoms with Crippen molar-refractivity contribution in [3.63, 3.8) is 0 Å². The molecule has 0 saturated carbocycles. The third kappa shape index (κ3) is 3.52. The van der Waals surface area contributed by atoms with Crippen molar-refractivity contribution in [2.45, 2.75) is 23.5 Å². The molecule has 1 N–H and O–H groups in total. The molecule has 5 nitrogen and oxygen atoms in total. The minimum absolute atomic E-state index is 0.161. The van der Waals surface area contributed by atoms with E-state index in [4.69, 9.17) is 4.74 Å². The van der Waals surface area contributed by atoms with Gasteiger partial charge in [-0.1, -0.05) is 18.2 Å². The van der Waals surface area contributed by atoms with Crippen LogP contribution in [0.25, 0.3) is 0 Å². The Morgan fingerprint density at radius 3 is 2.70 bits per heavy atom. The molecule has 1 saturated heterocycles. The van der Waals surface area contributed by atoms with Crippen molar-refractivity contribution in [3.05, 3.63) is 30.3 Å². The van der Waals surface area contributed by atoms with Crippen molar-refractivity contribution in [2.75, 3.05) is 19.4 Å². The fraction of sp³-hybridized carbons (Fsp3) is 0.429. The number of aliphatic carboxylic acids is 1. The van der Waals surface area contributed by atoms with Crippen molar-refractivity contribution in [1.82, 2.24) is 4.90 Å². The molecule has 0 radical (unpaired) electrons. The highest BCUT2D eigenvalue weighted by atomic mass is 32.2. The Kier molecular flexibility index (Phi) is 5.03. The minimum Gasteiger partial charge on any atom is -0.480 e. The summed E-state index contributed by atoms with van der Waals surface area (Å²) < 4.78 is 5.17. The number of carbonyl (C=O) groups is 2. The molecule has 6 heteroatoms. The van der Waals surface area contributed by atoms with Crippen molar-refractivity contribution in [2.24, 2.45) is 0 Å². The summed E-state index contributed by atoms with van der Waals surface area (Å²) >= 11 is 1.41. The van der Waals surface area contributed by atoms with E-state index < -0.39 is 12.0 Å². The highest BCUT2D eigenvalue weighted by Gasteiger charge is 2.39. The Balaban J connectivity index is 1.95. The van der Waals surface area contributed by atoms with E-state index in [1.807, 2.05) is 30.3 Å². The second-order valence-electron chi connectivity index (χ2n) is 4.60. The van der Waals surface area contributed by atoms with Crippen LogP contribution in [0.15, 0.2) is 35.2 Å². The maximum Gasteiger partial charge on any atom is 0.326 e. The van der Waals surface area contributed by atoms with Gasteiger partial charge in [0.05, 0.1) is 11.9 Å². The lowest BCUT2D eigenvalue weighted by Crippen LogP contribution is -2.41. The molecular weight excluding hydrogens is 278 g/mol. The molecule has 0 spiro atoms. The molecule has 1 aromatic carbocycles. The maximum absolute atomic E-state index is 12.2. The third-order valence-corrected chi connectivity index (χ3v) is 4.30. The lowest BCUT2D eigenvalue weighted by atomic mass is 10.2. The lowest BCUT2D eigenvalue weighted by molar-refractivity contribution is -0.147. The standard InChI is InChI=1S/C14H17NO4S/c1-19-10-7-12(14(17)18)15(8-10)13(16)9-20-11-5-3-2-4-6-11/h2-6,10,12H,7-9H2,1H3,(H,17,18). The Labute approximate surface area is 121 Å². The molecule has 0 bridgehead atoms. The molecule has 1 fully saturated rings. The highest BCUT2D eigenvalue weighted by Crippen LogP contribution is 2.23. The van der Waals surface area contributed by atoms with E-state index in [0.717, 1.165) is 4.90 Å². The summed E-state index contributed by atoms with van der Waals surface area (Å²) in [6.45, 7) is 0.349. The summed E-state index contributed by atoms with van der Waals surface area (Å²) in [7, 11) is 1.54. The number of methoxy groups -OCH3 is 1. The normalized spacial score (nSPS) is 21.9. The molecule has 1 amide bonds. The number of nitrogens with zero attached hydrogens (tertiary/aromatic N) is 1. The second-order valence-corrected chi connectivity index (χ2v) is 5.64. The van der Waals surface area contributed by atoms with Gasteiger partial charge in [0.2, 0.25) is 5.91 Å². The van der Waals surface area contributed by atoms with E-state index in [1.54, 1.807) is 0 Å². The number of ether oxygens (including phenoxy) is 1. The molecule has 20 heavy (non-hydrogen) atoms. The van der Waals surface area contributed by atoms with Gasteiger partial charge < -0.3 is 14.7 Å². The number of thioether (sulfide) groups is 1. The zero-order chi connectivity index (χ0) is 14.5. The van der Waals surface area contributed by atoms with Crippen LogP contribution in [0.3, 0.4) is 0 Å². The van der Waals surface area contributed by atoms with Gasteiger partial charge in [0, 0.05) is 25.0 Å². The van der Waals surface area contributed by atoms with Crippen LogP contribution in [0.2, 0.25) is 0 Å². The van der Waals surface area contributed by atoms with Crippen molar-refractivity contribution in [1.29, 1.82) is 0 Å². The number of hydrogen-bond donors (Lipinski definition) is 1. The van der Waals surface area contributed by atoms with Gasteiger partial charge in [0.15, 0.2) is 0 Å². The highest BCUT2D eigenvalue weighted by molar-refractivity contribution is 8.00. The number of rotatable bonds is 5. The minimum atomic E-state index is -0.970. The number of likely N-dealkylation sites (tertiary alicyclic amines) is 1. The Morgan fingerprint density at radius 2 is 2.10 bits per heavy atom. The molecular formula is C14H17NO4S. The number of benzene rings is 1. The largest absolute Gasteiger partial charge is 0.480 e. The first-order valence-corrected chi connectivity index (χ1v) is 7.33. The van der Waals surface area contributed by atoms with Crippen LogP contribution in [0.5, 0.6) is 0 Å². The van der Waals surface area contributed by atoms with E-state index in [9.17, 15) is 14.7 Å². The first-order valence-electron chi connectivity index (χ1n) is 6.34. The molecule has 2 unspecified atom stereocenters. The average Bonchev–Trinajstić information content (AvgIpc) is 2.90. The van der Waals surface area contributed by atoms with Crippen molar-refractivity contribution >= 4 is 23.6 Å². The molecule has 0 aliphatic carbocycles. The number of amides is 1. The van der Waals surface area contributed by atoms with Crippen molar-refractivity contribution in [3.8, 4) is 0 Å². The lowest BCUT2D eigenvalue weighted by Gasteiger charge is -2.21. The Hall–Kier alpha value is -1.53. The molecule has 1 aliphatic rings. The summed E-state index contributed by atoms with van der Waals surface area (Å²) in [6.07, 6.45) is 0.162. The van der Waals surface area contributed by atoms with Crippen LogP contribution in [0.4, 0.5) is 0 Å². The van der Waals surface area contributed by atoms with E-state index >= 15 is 0 Å². The number of hydrogen-bond acceptors (Lipinski definition) is 4. The van der Waals surface area contributed by atoms with Gasteiger partial charge in [-0.2, -0.15) is 0 Å². The molecule has 1 aliphatic heterocycles. The van der Waals surface area contributed by atoms with Crippen LogP contribution in [0.1, 0.15) is 6.42 Å². The van der Waals surface area contributed by atoms with Crippen LogP contribution in [0, 0.1) is 0 Å². The van der Waals surface area contributed by atoms with Gasteiger partial charge in [-0.25, -0.2) is 4.79 Å². The van der Waals surface area contributed by atoms with Gasteiger partial charge in [0.1, 0.15) is 6.04 Å². The number of carbonyl (C=O) groups excluding carboxylic acids is 1. The predicted molar refractivity (Wildman–Crippen MR) is 75.7 cm³/mol. The smallest absolute Gasteiger partial charge is 0.326 e. The zero-order valence-corrected chi connectivity index (χ0v) is 12.0. The molecule has 1 aromatic rings. The molecule has 0 aromatic heterocycles. The van der Waals surface area contributed by atoms with Crippen LogP contribution < -0.4 is 0 Å². The fourth-order valence-electron chi connectivity index (χ4n) is 2.22. The van der Waals surface area contributed by atoms with E-state index in [-0.39, 0.29) is 17.8 Å². The maximum atomic E-state index is 12.2. The SMILES string of the molecule is COC1CC(C(=O)O)N(C(=O)CSc2ccccc2)C1. The Morgan fingerprint density at radius 1 is 1.40 bits per heavy atom. The zero-order valence-electron chi connectivity index (χ0n) is 11.2. The van der Waals surface area contributed by atoms with Crippen molar-refractivity contribution < 1.29 is 19.4 Å². The van der Waals surface area contributed by atoms with Gasteiger partial charge in [-0.3, -0.25) is 4.79 Å². The molecule has 2 atom stereocenters. The summed E-state index contributed by atoms with van der Waals surface area (Å²) in [4.78, 5) is 25.8. The third-order valence-electron chi connectivity index (χ3n) is 3.31. The van der Waals surface area contributed by atoms with Crippen LogP contribution in [-0.2, 0) is 14.3 Å². The summed E-state index contributed by atoms with van der Waals surface area (Å²) in [6, 6.07) is 8.80. The van der Waals surface area contributed by atoms with Crippen LogP contribution in [-0.4, -0.2) is 53.4 Å². The monoisotopic (exact) mass is 295 g/mol. The quantitative estimate of drug-likeness (QED) is 0.833. The van der Waals surface area contributed by atoms with Gasteiger partial charge >= 0.3 is 5.97 Å². The van der Waals surface area contributed by atoms with Gasteiger partial charge in [0.25, 0.3) is 0 Å². The topological polar surface area (TPSA) is 66.8 Å².